The molecule has 5 nitrogen and oxygen atoms in total. The zero-order valence-electron chi connectivity index (χ0n) is 16.0. The van der Waals surface area contributed by atoms with Crippen molar-refractivity contribution >= 4 is 23.2 Å². The van der Waals surface area contributed by atoms with Crippen molar-refractivity contribution < 1.29 is 18.4 Å². The molecule has 2 aromatic rings. The predicted octanol–water partition coefficient (Wildman–Crippen LogP) is 3.86. The van der Waals surface area contributed by atoms with Crippen LogP contribution in [-0.2, 0) is 11.3 Å². The lowest BCUT2D eigenvalue weighted by Crippen LogP contribution is -2.39. The number of benzene rings is 1. The summed E-state index contributed by atoms with van der Waals surface area (Å²) in [5, 5.41) is 5.82. The highest BCUT2D eigenvalue weighted by molar-refractivity contribution is 7.09. The third kappa shape index (κ3) is 4.63. The molecule has 1 aliphatic carbocycles. The number of amides is 2. The number of nitrogens with one attached hydrogen (secondary N) is 1. The van der Waals surface area contributed by atoms with Gasteiger partial charge in [-0.1, -0.05) is 6.42 Å². The van der Waals surface area contributed by atoms with Crippen molar-refractivity contribution in [3.63, 3.8) is 0 Å². The fraction of sp³-hybridized carbons (Fsp3) is 0.476. The molecule has 2 fully saturated rings. The van der Waals surface area contributed by atoms with Crippen molar-refractivity contribution in [3.05, 3.63) is 51.5 Å². The van der Waals surface area contributed by atoms with E-state index in [1.165, 1.54) is 11.3 Å². The molecule has 2 heterocycles. The van der Waals surface area contributed by atoms with Gasteiger partial charge in [-0.3, -0.25) is 9.59 Å². The van der Waals surface area contributed by atoms with E-state index in [4.69, 9.17) is 0 Å². The number of thiazole rings is 1. The second-order valence-electron chi connectivity index (χ2n) is 7.77. The Balaban J connectivity index is 1.37. The third-order valence-electron chi connectivity index (χ3n) is 5.66. The summed E-state index contributed by atoms with van der Waals surface area (Å²) in [6, 6.07) is 2.90. The number of carbonyl (C=O) groups is 2. The maximum atomic E-state index is 13.5. The van der Waals surface area contributed by atoms with E-state index in [1.807, 2.05) is 5.38 Å². The van der Waals surface area contributed by atoms with Gasteiger partial charge in [-0.15, -0.1) is 11.3 Å². The van der Waals surface area contributed by atoms with E-state index in [2.05, 4.69) is 10.3 Å². The van der Waals surface area contributed by atoms with Gasteiger partial charge in [0.05, 0.1) is 17.2 Å². The molecule has 1 saturated heterocycles. The maximum absolute atomic E-state index is 13.5. The van der Waals surface area contributed by atoms with Crippen LogP contribution in [0.25, 0.3) is 0 Å². The molecule has 1 saturated carbocycles. The topological polar surface area (TPSA) is 62.3 Å². The van der Waals surface area contributed by atoms with Crippen molar-refractivity contribution in [2.45, 2.75) is 44.6 Å². The maximum Gasteiger partial charge on any atom is 0.254 e. The highest BCUT2D eigenvalue weighted by atomic mass is 32.1. The SMILES string of the molecule is O=C(NCc1csc(C2CCCN(C(=O)c3cc(F)cc(F)c3)C2)n1)C1CCC1. The zero-order chi connectivity index (χ0) is 20.4. The summed E-state index contributed by atoms with van der Waals surface area (Å²) in [4.78, 5) is 31.0. The highest BCUT2D eigenvalue weighted by Crippen LogP contribution is 2.30. The Bertz CT molecular complexity index is 893. The second kappa shape index (κ2) is 8.57. The number of halogens is 2. The molecular formula is C21H23F2N3O2S. The monoisotopic (exact) mass is 419 g/mol. The number of nitrogens with zero attached hydrogens (tertiary/aromatic N) is 2. The van der Waals surface area contributed by atoms with Crippen LogP contribution >= 0.6 is 11.3 Å². The van der Waals surface area contributed by atoms with Gasteiger partial charge in [-0.05, 0) is 37.8 Å². The van der Waals surface area contributed by atoms with Gasteiger partial charge in [0.15, 0.2) is 0 Å². The molecule has 4 rings (SSSR count). The lowest BCUT2D eigenvalue weighted by atomic mass is 9.85. The Morgan fingerprint density at radius 1 is 1.14 bits per heavy atom. The number of hydrogen-bond donors (Lipinski definition) is 1. The highest BCUT2D eigenvalue weighted by Gasteiger charge is 2.28. The van der Waals surface area contributed by atoms with E-state index < -0.39 is 11.6 Å². The number of piperidine rings is 1. The Kier molecular flexibility index (Phi) is 5.89. The number of aromatic nitrogens is 1. The van der Waals surface area contributed by atoms with Gasteiger partial charge in [-0.2, -0.15) is 0 Å². The molecule has 1 atom stereocenters. The van der Waals surface area contributed by atoms with E-state index in [-0.39, 0.29) is 29.2 Å². The second-order valence-corrected chi connectivity index (χ2v) is 8.66. The van der Waals surface area contributed by atoms with Crippen LogP contribution in [0.5, 0.6) is 0 Å². The molecule has 0 radical (unpaired) electrons. The summed E-state index contributed by atoms with van der Waals surface area (Å²) in [6.07, 6.45) is 4.77. The Hall–Kier alpha value is -2.35. The average molecular weight is 419 g/mol. The first-order chi connectivity index (χ1) is 14.0. The summed E-state index contributed by atoms with van der Waals surface area (Å²) < 4.78 is 26.9. The lowest BCUT2D eigenvalue weighted by molar-refractivity contribution is -0.127. The molecule has 1 aromatic heterocycles. The van der Waals surface area contributed by atoms with E-state index >= 15 is 0 Å². The quantitative estimate of drug-likeness (QED) is 0.801. The molecule has 1 aliphatic heterocycles. The Labute approximate surface area is 172 Å². The van der Waals surface area contributed by atoms with Crippen LogP contribution in [0.1, 0.15) is 59.1 Å². The van der Waals surface area contributed by atoms with Gasteiger partial charge >= 0.3 is 0 Å². The summed E-state index contributed by atoms with van der Waals surface area (Å²) in [5.41, 5.74) is 0.856. The third-order valence-corrected chi connectivity index (χ3v) is 6.71. The molecule has 0 bridgehead atoms. The van der Waals surface area contributed by atoms with Crippen LogP contribution in [0, 0.1) is 17.6 Å². The Morgan fingerprint density at radius 2 is 1.90 bits per heavy atom. The van der Waals surface area contributed by atoms with Crippen LogP contribution in [0.4, 0.5) is 8.78 Å². The largest absolute Gasteiger partial charge is 0.350 e. The minimum atomic E-state index is -0.754. The normalized spacial score (nSPS) is 19.7. The lowest BCUT2D eigenvalue weighted by Gasteiger charge is -2.32. The van der Waals surface area contributed by atoms with Gasteiger partial charge in [0.1, 0.15) is 11.6 Å². The van der Waals surface area contributed by atoms with Crippen LogP contribution in [0.2, 0.25) is 0 Å². The molecule has 2 amide bonds. The standard InChI is InChI=1S/C21H23F2N3O2S/c22-16-7-15(8-17(23)9-16)21(28)26-6-2-5-14(11-26)20-25-18(12-29-20)10-24-19(27)13-3-1-4-13/h7-9,12-14H,1-6,10-11H2,(H,24,27). The molecule has 8 heteroatoms. The van der Waals surface area contributed by atoms with Gasteiger partial charge in [-0.25, -0.2) is 13.8 Å². The first-order valence-electron chi connectivity index (χ1n) is 9.97. The van der Waals surface area contributed by atoms with Crippen LogP contribution in [0.15, 0.2) is 23.6 Å². The number of rotatable bonds is 5. The smallest absolute Gasteiger partial charge is 0.254 e. The predicted molar refractivity (Wildman–Crippen MR) is 106 cm³/mol. The van der Waals surface area contributed by atoms with Crippen molar-refractivity contribution in [3.8, 4) is 0 Å². The van der Waals surface area contributed by atoms with Gasteiger partial charge in [0.25, 0.3) is 5.91 Å². The minimum Gasteiger partial charge on any atom is -0.350 e. The molecular weight excluding hydrogens is 396 g/mol. The van der Waals surface area contributed by atoms with Crippen molar-refractivity contribution in [2.24, 2.45) is 5.92 Å². The first kappa shape index (κ1) is 19.9. The molecule has 29 heavy (non-hydrogen) atoms. The van der Waals surface area contributed by atoms with E-state index in [9.17, 15) is 18.4 Å². The van der Waals surface area contributed by atoms with Crippen molar-refractivity contribution in [1.82, 2.24) is 15.2 Å². The van der Waals surface area contributed by atoms with Crippen molar-refractivity contribution in [1.29, 1.82) is 0 Å². The Morgan fingerprint density at radius 3 is 2.59 bits per heavy atom. The number of hydrogen-bond acceptors (Lipinski definition) is 4. The van der Waals surface area contributed by atoms with E-state index in [0.717, 1.165) is 61.0 Å². The van der Waals surface area contributed by atoms with Crippen LogP contribution in [0.3, 0.4) is 0 Å². The molecule has 1 N–H and O–H groups in total. The summed E-state index contributed by atoms with van der Waals surface area (Å²) >= 11 is 1.53. The minimum absolute atomic E-state index is 0.0293. The zero-order valence-corrected chi connectivity index (χ0v) is 16.8. The van der Waals surface area contributed by atoms with Gasteiger partial charge < -0.3 is 10.2 Å². The molecule has 0 spiro atoms. The van der Waals surface area contributed by atoms with Crippen LogP contribution in [-0.4, -0.2) is 34.8 Å². The van der Waals surface area contributed by atoms with Crippen LogP contribution < -0.4 is 5.32 Å². The molecule has 1 aromatic carbocycles. The molecule has 2 aliphatic rings. The fourth-order valence-electron chi connectivity index (χ4n) is 3.81. The summed E-state index contributed by atoms with van der Waals surface area (Å²) in [7, 11) is 0. The molecule has 1 unspecified atom stereocenters. The van der Waals surface area contributed by atoms with Gasteiger partial charge in [0.2, 0.25) is 5.91 Å². The fourth-order valence-corrected chi connectivity index (χ4v) is 4.75. The number of likely N-dealkylation sites (tertiary alicyclic amines) is 1. The molecule has 154 valence electrons. The number of carbonyl (C=O) groups excluding carboxylic acids is 2. The van der Waals surface area contributed by atoms with E-state index in [0.29, 0.717) is 19.6 Å². The first-order valence-corrected chi connectivity index (χ1v) is 10.8. The van der Waals surface area contributed by atoms with E-state index in [1.54, 1.807) is 4.90 Å². The summed E-state index contributed by atoms with van der Waals surface area (Å²) in [6.45, 7) is 1.45. The average Bonchev–Trinajstić information content (AvgIpc) is 3.13. The summed E-state index contributed by atoms with van der Waals surface area (Å²) in [5.74, 6) is -1.53. The van der Waals surface area contributed by atoms with Crippen molar-refractivity contribution in [2.75, 3.05) is 13.1 Å². The van der Waals surface area contributed by atoms with Gasteiger partial charge in [0, 0.05) is 41.9 Å².